The molecule has 0 atom stereocenters. The lowest BCUT2D eigenvalue weighted by molar-refractivity contribution is 0.0944. The van der Waals surface area contributed by atoms with Gasteiger partial charge in [0.25, 0.3) is 5.91 Å². The number of hydrogen-bond donors (Lipinski definition) is 1. The highest BCUT2D eigenvalue weighted by atomic mass is 79.9. The molecule has 0 saturated heterocycles. The zero-order valence-electron chi connectivity index (χ0n) is 13.3. The smallest absolute Gasteiger partial charge is 0.272 e. The number of ether oxygens (including phenoxy) is 1. The second kappa shape index (κ2) is 7.71. The Morgan fingerprint density at radius 1 is 1.40 bits per heavy atom. The molecular weight excluding hydrogens is 410 g/mol. The van der Waals surface area contributed by atoms with E-state index in [4.69, 9.17) is 16.3 Å². The number of benzene rings is 1. The fraction of sp³-hybridized carbons (Fsp3) is 0.188. The Morgan fingerprint density at radius 2 is 2.24 bits per heavy atom. The Balaban J connectivity index is 1.55. The zero-order chi connectivity index (χ0) is 17.8. The van der Waals surface area contributed by atoms with Gasteiger partial charge in [-0.1, -0.05) is 11.6 Å². The van der Waals surface area contributed by atoms with Gasteiger partial charge in [0.15, 0.2) is 6.73 Å². The van der Waals surface area contributed by atoms with Crippen LogP contribution in [0.3, 0.4) is 0 Å². The number of rotatable bonds is 6. The number of amides is 1. The van der Waals surface area contributed by atoms with E-state index < -0.39 is 0 Å². The van der Waals surface area contributed by atoms with Crippen molar-refractivity contribution < 1.29 is 9.53 Å². The SMILES string of the molecule is Cn1cc(CNC(=O)c2ccn(COc3ccc(Cl)cc3Br)n2)cn1. The quantitative estimate of drug-likeness (QED) is 0.660. The highest BCUT2D eigenvalue weighted by Crippen LogP contribution is 2.28. The minimum Gasteiger partial charge on any atom is -0.470 e. The van der Waals surface area contributed by atoms with Crippen LogP contribution in [0.25, 0.3) is 0 Å². The van der Waals surface area contributed by atoms with Crippen molar-refractivity contribution in [2.45, 2.75) is 13.3 Å². The van der Waals surface area contributed by atoms with Gasteiger partial charge < -0.3 is 10.1 Å². The number of aryl methyl sites for hydroxylation is 1. The molecule has 0 bridgehead atoms. The lowest BCUT2D eigenvalue weighted by atomic mass is 10.3. The Labute approximate surface area is 157 Å². The minimum absolute atomic E-state index is 0.177. The van der Waals surface area contributed by atoms with Crippen LogP contribution >= 0.6 is 27.5 Å². The third-order valence-corrected chi connectivity index (χ3v) is 4.19. The predicted molar refractivity (Wildman–Crippen MR) is 96.4 cm³/mol. The summed E-state index contributed by atoms with van der Waals surface area (Å²) in [4.78, 5) is 12.1. The molecule has 9 heteroatoms. The third-order valence-electron chi connectivity index (χ3n) is 3.33. The first kappa shape index (κ1) is 17.5. The molecule has 7 nitrogen and oxygen atoms in total. The lowest BCUT2D eigenvalue weighted by Gasteiger charge is -2.08. The number of aromatic nitrogens is 4. The van der Waals surface area contributed by atoms with Crippen molar-refractivity contribution in [3.8, 4) is 5.75 Å². The van der Waals surface area contributed by atoms with E-state index in [0.717, 1.165) is 10.0 Å². The molecule has 2 heterocycles. The molecule has 0 unspecified atom stereocenters. The molecule has 0 saturated carbocycles. The van der Waals surface area contributed by atoms with E-state index in [2.05, 4.69) is 31.4 Å². The Morgan fingerprint density at radius 3 is 2.96 bits per heavy atom. The molecule has 2 aromatic heterocycles. The second-order valence-corrected chi connectivity index (χ2v) is 6.58. The molecule has 0 aliphatic carbocycles. The number of hydrogen-bond acceptors (Lipinski definition) is 4. The van der Waals surface area contributed by atoms with Gasteiger partial charge in [0, 0.05) is 36.6 Å². The van der Waals surface area contributed by atoms with Gasteiger partial charge in [0.2, 0.25) is 0 Å². The zero-order valence-corrected chi connectivity index (χ0v) is 15.7. The molecule has 1 aromatic carbocycles. The van der Waals surface area contributed by atoms with Crippen molar-refractivity contribution in [3.63, 3.8) is 0 Å². The van der Waals surface area contributed by atoms with E-state index in [1.165, 1.54) is 0 Å². The van der Waals surface area contributed by atoms with Crippen LogP contribution in [0.2, 0.25) is 5.02 Å². The lowest BCUT2D eigenvalue weighted by Crippen LogP contribution is -2.23. The second-order valence-electron chi connectivity index (χ2n) is 5.29. The van der Waals surface area contributed by atoms with Crippen molar-refractivity contribution in [1.82, 2.24) is 24.9 Å². The van der Waals surface area contributed by atoms with Gasteiger partial charge in [-0.05, 0) is 40.2 Å². The van der Waals surface area contributed by atoms with Crippen LogP contribution in [-0.4, -0.2) is 25.5 Å². The molecule has 0 radical (unpaired) electrons. The Bertz CT molecular complexity index is 892. The molecule has 0 fully saturated rings. The van der Waals surface area contributed by atoms with Crippen molar-refractivity contribution in [2.75, 3.05) is 0 Å². The standard InChI is InChI=1S/C16H15BrClN5O2/c1-22-9-11(8-20-22)7-19-16(24)14-4-5-23(21-14)10-25-15-3-2-12(18)6-13(15)17/h2-6,8-9H,7,10H2,1H3,(H,19,24). The molecule has 3 aromatic rings. The van der Waals surface area contributed by atoms with Crippen molar-refractivity contribution in [2.24, 2.45) is 7.05 Å². The van der Waals surface area contributed by atoms with Crippen LogP contribution in [0.15, 0.2) is 47.3 Å². The number of nitrogens with one attached hydrogen (secondary N) is 1. The number of nitrogens with zero attached hydrogens (tertiary/aromatic N) is 4. The summed E-state index contributed by atoms with van der Waals surface area (Å²) in [5.74, 6) is 0.387. The number of carbonyl (C=O) groups is 1. The van der Waals surface area contributed by atoms with Gasteiger partial charge in [0.1, 0.15) is 11.4 Å². The van der Waals surface area contributed by atoms with E-state index in [1.807, 2.05) is 13.2 Å². The van der Waals surface area contributed by atoms with Crippen LogP contribution in [0, 0.1) is 0 Å². The maximum atomic E-state index is 12.1. The summed E-state index contributed by atoms with van der Waals surface area (Å²) < 4.78 is 9.63. The summed E-state index contributed by atoms with van der Waals surface area (Å²) in [6.07, 6.45) is 5.23. The molecule has 0 aliphatic rings. The van der Waals surface area contributed by atoms with Crippen LogP contribution in [0.4, 0.5) is 0 Å². The summed E-state index contributed by atoms with van der Waals surface area (Å²) in [6.45, 7) is 0.573. The average molecular weight is 425 g/mol. The van der Waals surface area contributed by atoms with E-state index >= 15 is 0 Å². The Kier molecular flexibility index (Phi) is 5.40. The van der Waals surface area contributed by atoms with E-state index in [0.29, 0.717) is 23.0 Å². The van der Waals surface area contributed by atoms with Gasteiger partial charge >= 0.3 is 0 Å². The monoisotopic (exact) mass is 423 g/mol. The van der Waals surface area contributed by atoms with Crippen LogP contribution in [-0.2, 0) is 20.3 Å². The molecular formula is C16H15BrClN5O2. The first-order valence-electron chi connectivity index (χ1n) is 7.38. The van der Waals surface area contributed by atoms with E-state index in [-0.39, 0.29) is 12.6 Å². The molecule has 3 rings (SSSR count). The number of halogens is 2. The van der Waals surface area contributed by atoms with Crippen molar-refractivity contribution in [1.29, 1.82) is 0 Å². The summed E-state index contributed by atoms with van der Waals surface area (Å²) >= 11 is 9.28. The fourth-order valence-corrected chi connectivity index (χ4v) is 2.92. The van der Waals surface area contributed by atoms with Crippen LogP contribution in [0.5, 0.6) is 5.75 Å². The Hall–Kier alpha value is -2.32. The molecule has 25 heavy (non-hydrogen) atoms. The van der Waals surface area contributed by atoms with Gasteiger partial charge in [-0.3, -0.25) is 9.48 Å². The highest BCUT2D eigenvalue weighted by molar-refractivity contribution is 9.10. The van der Waals surface area contributed by atoms with Crippen LogP contribution < -0.4 is 10.1 Å². The van der Waals surface area contributed by atoms with Gasteiger partial charge in [-0.25, -0.2) is 4.68 Å². The van der Waals surface area contributed by atoms with Crippen LogP contribution in [0.1, 0.15) is 16.1 Å². The van der Waals surface area contributed by atoms with Crippen molar-refractivity contribution >= 4 is 33.4 Å². The topological polar surface area (TPSA) is 74.0 Å². The predicted octanol–water partition coefficient (Wildman–Crippen LogP) is 3.00. The summed E-state index contributed by atoms with van der Waals surface area (Å²) in [6, 6.07) is 6.88. The molecule has 0 spiro atoms. The maximum absolute atomic E-state index is 12.1. The summed E-state index contributed by atoms with van der Waals surface area (Å²) in [5.41, 5.74) is 1.24. The maximum Gasteiger partial charge on any atom is 0.272 e. The molecule has 1 amide bonds. The van der Waals surface area contributed by atoms with E-state index in [1.54, 1.807) is 46.0 Å². The molecule has 130 valence electrons. The molecule has 1 N–H and O–H groups in total. The van der Waals surface area contributed by atoms with Gasteiger partial charge in [-0.2, -0.15) is 10.2 Å². The first-order chi connectivity index (χ1) is 12.0. The van der Waals surface area contributed by atoms with Gasteiger partial charge in [-0.15, -0.1) is 0 Å². The van der Waals surface area contributed by atoms with Gasteiger partial charge in [0.05, 0.1) is 10.7 Å². The highest BCUT2D eigenvalue weighted by Gasteiger charge is 2.10. The molecule has 0 aliphatic heterocycles. The summed E-state index contributed by atoms with van der Waals surface area (Å²) in [7, 11) is 1.83. The largest absolute Gasteiger partial charge is 0.470 e. The average Bonchev–Trinajstić information content (AvgIpc) is 3.21. The minimum atomic E-state index is -0.254. The van der Waals surface area contributed by atoms with Crippen molar-refractivity contribution in [3.05, 3.63) is 63.6 Å². The summed E-state index contributed by atoms with van der Waals surface area (Å²) in [5, 5.41) is 11.7. The third kappa shape index (κ3) is 4.61. The first-order valence-corrected chi connectivity index (χ1v) is 8.55. The number of carbonyl (C=O) groups excluding carboxylic acids is 1. The fourth-order valence-electron chi connectivity index (χ4n) is 2.12. The van der Waals surface area contributed by atoms with E-state index in [9.17, 15) is 4.79 Å². The normalized spacial score (nSPS) is 10.7.